The summed E-state index contributed by atoms with van der Waals surface area (Å²) >= 11 is 5.03. The molecule has 0 saturated heterocycles. The summed E-state index contributed by atoms with van der Waals surface area (Å²) in [6, 6.07) is 0. The number of rotatable bonds is 3. The van der Waals surface area contributed by atoms with Crippen LogP contribution in [-0.4, -0.2) is 21.1 Å². The van der Waals surface area contributed by atoms with Crippen molar-refractivity contribution < 1.29 is 4.74 Å². The number of hydrogen-bond acceptors (Lipinski definition) is 4. The van der Waals surface area contributed by atoms with Crippen molar-refractivity contribution in [1.82, 2.24) is 9.97 Å². The van der Waals surface area contributed by atoms with Gasteiger partial charge >= 0.3 is 0 Å². The fourth-order valence-corrected chi connectivity index (χ4v) is 4.16. The molecule has 1 heterocycles. The van der Waals surface area contributed by atoms with Crippen LogP contribution in [0.2, 0.25) is 0 Å². The topological polar surface area (TPSA) is 61.0 Å². The Kier molecular flexibility index (Phi) is 3.01. The van der Waals surface area contributed by atoms with E-state index < -0.39 is 0 Å². The Morgan fingerprint density at radius 1 is 1.35 bits per heavy atom. The summed E-state index contributed by atoms with van der Waals surface area (Å²) in [5, 5.41) is 0. The molecule has 0 aliphatic heterocycles. The fraction of sp³-hybridized carbons (Fsp3) is 0.667. The van der Waals surface area contributed by atoms with Crippen molar-refractivity contribution in [2.24, 2.45) is 22.5 Å². The lowest BCUT2D eigenvalue weighted by molar-refractivity contribution is 0.0269. The van der Waals surface area contributed by atoms with Gasteiger partial charge in [-0.1, -0.05) is 33.0 Å². The summed E-state index contributed by atoms with van der Waals surface area (Å²) in [6.07, 6.45) is 6.97. The zero-order valence-electron chi connectivity index (χ0n) is 12.2. The molecule has 2 aliphatic carbocycles. The van der Waals surface area contributed by atoms with Gasteiger partial charge in [0.25, 0.3) is 0 Å². The van der Waals surface area contributed by atoms with Gasteiger partial charge in [-0.3, -0.25) is 0 Å². The predicted octanol–water partition coefficient (Wildman–Crippen LogP) is 2.70. The second-order valence-electron chi connectivity index (χ2n) is 6.79. The average Bonchev–Trinajstić information content (AvgIpc) is 2.72. The molecule has 108 valence electrons. The van der Waals surface area contributed by atoms with Gasteiger partial charge in [0, 0.05) is 17.8 Å². The first kappa shape index (κ1) is 13.7. The van der Waals surface area contributed by atoms with Crippen molar-refractivity contribution in [1.29, 1.82) is 0 Å². The summed E-state index contributed by atoms with van der Waals surface area (Å²) in [6.45, 7) is 7.06. The van der Waals surface area contributed by atoms with Crippen molar-refractivity contribution in [3.05, 3.63) is 18.1 Å². The van der Waals surface area contributed by atoms with Gasteiger partial charge in [-0.15, -0.1) is 0 Å². The molecule has 5 heteroatoms. The Hall–Kier alpha value is -1.23. The third-order valence-electron chi connectivity index (χ3n) is 5.87. The summed E-state index contributed by atoms with van der Waals surface area (Å²) in [5.41, 5.74) is 6.68. The largest absolute Gasteiger partial charge is 0.472 e. The fourth-order valence-electron chi connectivity index (χ4n) is 4.02. The Bertz CT molecular complexity index is 560. The number of aromatic nitrogens is 2. The van der Waals surface area contributed by atoms with Gasteiger partial charge in [0.05, 0.1) is 0 Å². The van der Waals surface area contributed by atoms with E-state index in [1.54, 1.807) is 12.4 Å². The maximum absolute atomic E-state index is 6.20. The molecule has 2 aliphatic rings. The average molecular weight is 291 g/mol. The molecule has 1 aromatic rings. The van der Waals surface area contributed by atoms with E-state index in [9.17, 15) is 0 Å². The van der Waals surface area contributed by atoms with Crippen LogP contribution in [-0.2, 0) is 0 Å². The molecule has 1 aromatic heterocycles. The SMILES string of the molecule is CC1(C)C2CCC1(C)C(Oc1nccnc1C(N)=S)C2. The van der Waals surface area contributed by atoms with Crippen molar-refractivity contribution in [3.8, 4) is 5.88 Å². The highest BCUT2D eigenvalue weighted by Gasteiger charge is 2.62. The van der Waals surface area contributed by atoms with E-state index in [1.165, 1.54) is 12.8 Å². The number of thiocarbonyl (C=S) groups is 1. The van der Waals surface area contributed by atoms with E-state index in [-0.39, 0.29) is 16.5 Å². The van der Waals surface area contributed by atoms with Gasteiger partial charge in [-0.2, -0.15) is 0 Å². The summed E-state index contributed by atoms with van der Waals surface area (Å²) in [4.78, 5) is 8.70. The lowest BCUT2D eigenvalue weighted by atomic mass is 9.70. The predicted molar refractivity (Wildman–Crippen MR) is 81.6 cm³/mol. The smallest absolute Gasteiger partial charge is 0.243 e. The van der Waals surface area contributed by atoms with Crippen molar-refractivity contribution in [2.75, 3.05) is 0 Å². The molecule has 3 unspecified atom stereocenters. The standard InChI is InChI=1S/C15H21N3OS/c1-14(2)9-4-5-15(14,3)10(8-9)19-13-11(12(16)20)17-6-7-18-13/h6-7,9-10H,4-5,8H2,1-3H3,(H2,16,20). The molecule has 2 bridgehead atoms. The normalized spacial score (nSPS) is 34.1. The molecule has 0 radical (unpaired) electrons. The molecule has 4 nitrogen and oxygen atoms in total. The lowest BCUT2D eigenvalue weighted by Crippen LogP contribution is -2.39. The van der Waals surface area contributed by atoms with Crippen molar-refractivity contribution >= 4 is 17.2 Å². The summed E-state index contributed by atoms with van der Waals surface area (Å²) < 4.78 is 6.20. The molecule has 2 saturated carbocycles. The van der Waals surface area contributed by atoms with Crippen LogP contribution in [0.3, 0.4) is 0 Å². The van der Waals surface area contributed by atoms with Crippen LogP contribution >= 0.6 is 12.2 Å². The zero-order chi connectivity index (χ0) is 14.5. The molecule has 0 aromatic carbocycles. The molecule has 3 rings (SSSR count). The van der Waals surface area contributed by atoms with Gasteiger partial charge < -0.3 is 10.5 Å². The van der Waals surface area contributed by atoms with E-state index in [4.69, 9.17) is 22.7 Å². The molecular formula is C15H21N3OS. The minimum Gasteiger partial charge on any atom is -0.472 e. The lowest BCUT2D eigenvalue weighted by Gasteiger charge is -2.38. The number of nitrogens with two attached hydrogens (primary N) is 1. The van der Waals surface area contributed by atoms with Crippen molar-refractivity contribution in [3.63, 3.8) is 0 Å². The molecule has 3 atom stereocenters. The minimum absolute atomic E-state index is 0.168. The monoisotopic (exact) mass is 291 g/mol. The number of hydrogen-bond donors (Lipinski definition) is 1. The van der Waals surface area contributed by atoms with E-state index in [1.807, 2.05) is 0 Å². The summed E-state index contributed by atoms with van der Waals surface area (Å²) in [7, 11) is 0. The molecule has 20 heavy (non-hydrogen) atoms. The second kappa shape index (κ2) is 4.38. The highest BCUT2D eigenvalue weighted by Crippen LogP contribution is 2.66. The summed E-state index contributed by atoms with van der Waals surface area (Å²) in [5.74, 6) is 1.21. The van der Waals surface area contributed by atoms with Crippen LogP contribution in [0.1, 0.15) is 45.7 Å². The van der Waals surface area contributed by atoms with Crippen LogP contribution in [0.4, 0.5) is 0 Å². The van der Waals surface area contributed by atoms with Crippen LogP contribution in [0.15, 0.2) is 12.4 Å². The first-order chi connectivity index (χ1) is 9.36. The molecule has 0 amide bonds. The van der Waals surface area contributed by atoms with Crippen LogP contribution in [0.25, 0.3) is 0 Å². The molecule has 2 N–H and O–H groups in total. The minimum atomic E-state index is 0.168. The molecule has 0 spiro atoms. The van der Waals surface area contributed by atoms with E-state index in [2.05, 4.69) is 30.7 Å². The van der Waals surface area contributed by atoms with Gasteiger partial charge in [0.15, 0.2) is 5.69 Å². The molecular weight excluding hydrogens is 270 g/mol. The van der Waals surface area contributed by atoms with Crippen LogP contribution < -0.4 is 10.5 Å². The Morgan fingerprint density at radius 3 is 2.60 bits per heavy atom. The first-order valence-corrected chi connectivity index (χ1v) is 7.54. The third kappa shape index (κ3) is 1.75. The van der Waals surface area contributed by atoms with Crippen LogP contribution in [0, 0.1) is 16.7 Å². The highest BCUT2D eigenvalue weighted by atomic mass is 32.1. The zero-order valence-corrected chi connectivity index (χ0v) is 13.0. The number of nitrogens with zero attached hydrogens (tertiary/aromatic N) is 2. The molecule has 2 fully saturated rings. The van der Waals surface area contributed by atoms with Crippen LogP contribution in [0.5, 0.6) is 5.88 Å². The second-order valence-corrected chi connectivity index (χ2v) is 7.23. The Morgan fingerprint density at radius 2 is 2.05 bits per heavy atom. The quantitative estimate of drug-likeness (QED) is 0.868. The first-order valence-electron chi connectivity index (χ1n) is 7.14. The van der Waals surface area contributed by atoms with Gasteiger partial charge in [0.1, 0.15) is 11.1 Å². The van der Waals surface area contributed by atoms with E-state index >= 15 is 0 Å². The Labute approximate surface area is 125 Å². The highest BCUT2D eigenvalue weighted by molar-refractivity contribution is 7.80. The van der Waals surface area contributed by atoms with E-state index in [0.29, 0.717) is 17.0 Å². The maximum Gasteiger partial charge on any atom is 0.243 e. The maximum atomic E-state index is 6.20. The van der Waals surface area contributed by atoms with E-state index in [0.717, 1.165) is 12.3 Å². The van der Waals surface area contributed by atoms with Crippen molar-refractivity contribution in [2.45, 2.75) is 46.1 Å². The van der Waals surface area contributed by atoms with Gasteiger partial charge in [-0.25, -0.2) is 9.97 Å². The number of ether oxygens (including phenoxy) is 1. The Balaban J connectivity index is 1.89. The van der Waals surface area contributed by atoms with Gasteiger partial charge in [0.2, 0.25) is 5.88 Å². The third-order valence-corrected chi connectivity index (χ3v) is 6.06. The van der Waals surface area contributed by atoms with Gasteiger partial charge in [-0.05, 0) is 30.6 Å². The number of fused-ring (bicyclic) bond motifs is 2.